The number of anilines is 2. The number of hydrogen-bond donors (Lipinski definition) is 1. The van der Waals surface area contributed by atoms with Gasteiger partial charge in [0.05, 0.1) is 12.8 Å². The summed E-state index contributed by atoms with van der Waals surface area (Å²) in [5.41, 5.74) is 3.18. The predicted molar refractivity (Wildman–Crippen MR) is 153 cm³/mol. The molecule has 0 radical (unpaired) electrons. The molecule has 0 spiro atoms. The van der Waals surface area contributed by atoms with Gasteiger partial charge in [0, 0.05) is 16.3 Å². The molecule has 8 heteroatoms. The fourth-order valence-electron chi connectivity index (χ4n) is 4.00. The summed E-state index contributed by atoms with van der Waals surface area (Å²) in [6, 6.07) is 30.8. The van der Waals surface area contributed by atoms with Gasteiger partial charge in [0.15, 0.2) is 6.61 Å². The zero-order chi connectivity index (χ0) is 27.2. The summed E-state index contributed by atoms with van der Waals surface area (Å²) < 4.78 is 10.9. The first-order valence-electron chi connectivity index (χ1n) is 12.1. The number of ether oxygens (including phenoxy) is 2. The van der Waals surface area contributed by atoms with E-state index >= 15 is 0 Å². The molecule has 0 atom stereocenters. The van der Waals surface area contributed by atoms with Gasteiger partial charge in [-0.25, -0.2) is 4.99 Å². The van der Waals surface area contributed by atoms with Crippen molar-refractivity contribution in [2.24, 2.45) is 4.99 Å². The number of amidine groups is 1. The maximum Gasteiger partial charge on any atom is 0.282 e. The second-order valence-electron chi connectivity index (χ2n) is 8.59. The number of carbonyl (C=O) groups excluding carboxylic acids is 2. The van der Waals surface area contributed by atoms with E-state index in [2.05, 4.69) is 5.32 Å². The van der Waals surface area contributed by atoms with Crippen LogP contribution in [-0.4, -0.2) is 31.4 Å². The van der Waals surface area contributed by atoms with Crippen LogP contribution in [-0.2, 0) is 9.59 Å². The third-order valence-corrected chi connectivity index (χ3v) is 6.12. The maximum atomic E-state index is 13.5. The van der Waals surface area contributed by atoms with Gasteiger partial charge in [0.2, 0.25) is 0 Å². The normalized spacial score (nSPS) is 13.8. The molecule has 0 saturated heterocycles. The zero-order valence-corrected chi connectivity index (χ0v) is 21.8. The molecule has 1 aliphatic heterocycles. The molecule has 194 valence electrons. The Balaban J connectivity index is 1.31. The van der Waals surface area contributed by atoms with Crippen LogP contribution in [0.2, 0.25) is 5.02 Å². The van der Waals surface area contributed by atoms with Crippen LogP contribution in [0.15, 0.2) is 114 Å². The number of nitrogens with zero attached hydrogens (tertiary/aromatic N) is 2. The highest BCUT2D eigenvalue weighted by atomic mass is 35.5. The average Bonchev–Trinajstić information content (AvgIpc) is 3.28. The van der Waals surface area contributed by atoms with E-state index in [1.807, 2.05) is 42.5 Å². The minimum atomic E-state index is -0.304. The molecule has 0 aromatic heterocycles. The average molecular weight is 538 g/mol. The maximum absolute atomic E-state index is 13.5. The lowest BCUT2D eigenvalue weighted by atomic mass is 10.1. The van der Waals surface area contributed by atoms with Crippen LogP contribution in [0.5, 0.6) is 11.5 Å². The summed E-state index contributed by atoms with van der Waals surface area (Å²) in [4.78, 5) is 32.0. The standard InChI is InChI=1S/C31H24ClN3O4/c1-38-26-16-12-25(13-17-26)35-30(22-6-3-2-4-7-22)34-28(31(35)37)18-21-10-14-27(15-11-21)39-20-29(36)33-24-9-5-8-23(32)19-24/h2-19H,20H2,1H3,(H,33,36)/b28-18-. The van der Waals surface area contributed by atoms with E-state index in [1.165, 1.54) is 0 Å². The van der Waals surface area contributed by atoms with Crippen molar-refractivity contribution in [2.75, 3.05) is 23.9 Å². The number of amides is 2. The van der Waals surface area contributed by atoms with Crippen molar-refractivity contribution in [1.82, 2.24) is 0 Å². The zero-order valence-electron chi connectivity index (χ0n) is 21.0. The van der Waals surface area contributed by atoms with Crippen molar-refractivity contribution in [3.8, 4) is 11.5 Å². The van der Waals surface area contributed by atoms with Gasteiger partial charge in [-0.05, 0) is 66.2 Å². The van der Waals surface area contributed by atoms with Crippen molar-refractivity contribution in [3.05, 3.63) is 125 Å². The van der Waals surface area contributed by atoms with Gasteiger partial charge in [-0.2, -0.15) is 0 Å². The minimum absolute atomic E-state index is 0.160. The first-order valence-corrected chi connectivity index (χ1v) is 12.5. The van der Waals surface area contributed by atoms with Gasteiger partial charge < -0.3 is 14.8 Å². The first-order chi connectivity index (χ1) is 19.0. The molecular weight excluding hydrogens is 514 g/mol. The van der Waals surface area contributed by atoms with Gasteiger partial charge in [-0.1, -0.05) is 60.1 Å². The van der Waals surface area contributed by atoms with E-state index in [1.54, 1.807) is 78.7 Å². The molecule has 7 nitrogen and oxygen atoms in total. The highest BCUT2D eigenvalue weighted by Crippen LogP contribution is 2.29. The molecule has 2 amide bonds. The van der Waals surface area contributed by atoms with E-state index in [-0.39, 0.29) is 18.4 Å². The smallest absolute Gasteiger partial charge is 0.282 e. The van der Waals surface area contributed by atoms with Crippen LogP contribution in [0.1, 0.15) is 11.1 Å². The highest BCUT2D eigenvalue weighted by molar-refractivity contribution is 6.33. The topological polar surface area (TPSA) is 80.2 Å². The molecule has 1 N–H and O–H groups in total. The Morgan fingerprint density at radius 1 is 0.923 bits per heavy atom. The molecule has 0 unspecified atom stereocenters. The van der Waals surface area contributed by atoms with Crippen LogP contribution in [0.4, 0.5) is 11.4 Å². The number of benzene rings is 4. The van der Waals surface area contributed by atoms with Crippen molar-refractivity contribution in [1.29, 1.82) is 0 Å². The second kappa shape index (κ2) is 11.7. The summed E-state index contributed by atoms with van der Waals surface area (Å²) >= 11 is 5.95. The third-order valence-electron chi connectivity index (χ3n) is 5.88. The van der Waals surface area contributed by atoms with Crippen LogP contribution in [0.25, 0.3) is 6.08 Å². The molecule has 1 aliphatic rings. The Kier molecular flexibility index (Phi) is 7.70. The summed E-state index contributed by atoms with van der Waals surface area (Å²) in [6.45, 7) is -0.160. The van der Waals surface area contributed by atoms with Crippen LogP contribution in [0, 0.1) is 0 Å². The number of aliphatic imine (C=N–C) groups is 1. The van der Waals surface area contributed by atoms with E-state index in [4.69, 9.17) is 26.1 Å². The predicted octanol–water partition coefficient (Wildman–Crippen LogP) is 6.20. The van der Waals surface area contributed by atoms with E-state index in [9.17, 15) is 9.59 Å². The molecule has 0 bridgehead atoms. The van der Waals surface area contributed by atoms with Crippen LogP contribution < -0.4 is 19.7 Å². The Bertz CT molecular complexity index is 1550. The number of hydrogen-bond acceptors (Lipinski definition) is 5. The SMILES string of the molecule is COc1ccc(N2C(=O)/C(=C/c3ccc(OCC(=O)Nc4cccc(Cl)c4)cc3)N=C2c2ccccc2)cc1. The minimum Gasteiger partial charge on any atom is -0.497 e. The van der Waals surface area contributed by atoms with Crippen LogP contribution >= 0.6 is 11.6 Å². The molecule has 4 aromatic carbocycles. The summed E-state index contributed by atoms with van der Waals surface area (Å²) in [5, 5.41) is 3.27. The van der Waals surface area contributed by atoms with Gasteiger partial charge in [-0.3, -0.25) is 14.5 Å². The van der Waals surface area contributed by atoms with Gasteiger partial charge >= 0.3 is 0 Å². The molecule has 0 saturated carbocycles. The van der Waals surface area contributed by atoms with Gasteiger partial charge in [0.1, 0.15) is 23.0 Å². The van der Waals surface area contributed by atoms with Crippen LogP contribution in [0.3, 0.4) is 0 Å². The summed E-state index contributed by atoms with van der Waals surface area (Å²) in [7, 11) is 1.60. The Morgan fingerprint density at radius 2 is 1.64 bits per heavy atom. The van der Waals surface area contributed by atoms with Gasteiger partial charge in [-0.15, -0.1) is 0 Å². The van der Waals surface area contributed by atoms with Crippen molar-refractivity contribution in [2.45, 2.75) is 0 Å². The molecule has 0 fully saturated rings. The van der Waals surface area contributed by atoms with Gasteiger partial charge in [0.25, 0.3) is 11.8 Å². The molecule has 0 aliphatic carbocycles. The summed E-state index contributed by atoms with van der Waals surface area (Å²) in [6.07, 6.45) is 1.73. The lowest BCUT2D eigenvalue weighted by Gasteiger charge is -2.18. The lowest BCUT2D eigenvalue weighted by Crippen LogP contribution is -2.32. The van der Waals surface area contributed by atoms with Crippen molar-refractivity contribution in [3.63, 3.8) is 0 Å². The Labute approximate surface area is 231 Å². The van der Waals surface area contributed by atoms with Crippen molar-refractivity contribution < 1.29 is 19.1 Å². The third kappa shape index (κ3) is 6.17. The quantitative estimate of drug-likeness (QED) is 0.271. The largest absolute Gasteiger partial charge is 0.497 e. The monoisotopic (exact) mass is 537 g/mol. The molecule has 5 rings (SSSR count). The molecule has 1 heterocycles. The second-order valence-corrected chi connectivity index (χ2v) is 9.02. The Hall–Kier alpha value is -4.88. The first kappa shape index (κ1) is 25.8. The highest BCUT2D eigenvalue weighted by Gasteiger charge is 2.32. The number of halogens is 1. The number of methoxy groups -OCH3 is 1. The van der Waals surface area contributed by atoms with Crippen molar-refractivity contribution >= 4 is 46.7 Å². The van der Waals surface area contributed by atoms with E-state index in [0.717, 1.165) is 11.1 Å². The number of rotatable bonds is 8. The Morgan fingerprint density at radius 3 is 2.33 bits per heavy atom. The number of carbonyl (C=O) groups is 2. The summed E-state index contributed by atoms with van der Waals surface area (Å²) in [5.74, 6) is 1.22. The van der Waals surface area contributed by atoms with E-state index in [0.29, 0.717) is 39.4 Å². The van der Waals surface area contributed by atoms with E-state index < -0.39 is 0 Å². The number of nitrogens with one attached hydrogen (secondary N) is 1. The molecule has 39 heavy (non-hydrogen) atoms. The molecule has 4 aromatic rings. The lowest BCUT2D eigenvalue weighted by molar-refractivity contribution is -0.118. The fraction of sp³-hybridized carbons (Fsp3) is 0.0645. The fourth-order valence-corrected chi connectivity index (χ4v) is 4.19. The molecular formula is C31H24ClN3O4.